The first-order valence-corrected chi connectivity index (χ1v) is 10.7. The standard InChI is InChI=1S/C18H15P.C7H6O3/c1-4-10-16(11-5-1)19(17-12-6-2-7-13-17)18-14-8-3-9-15-18;8-6-4-2-1-3-5(6)7(9)10/h1-15H;1-4,8H,(H,9,10). The van der Waals surface area contributed by atoms with Gasteiger partial charge >= 0.3 is 5.97 Å². The Hall–Kier alpha value is -3.42. The monoisotopic (exact) mass is 400 g/mol. The van der Waals surface area contributed by atoms with E-state index in [1.54, 1.807) is 0 Å². The molecule has 0 amide bonds. The van der Waals surface area contributed by atoms with Crippen LogP contribution in [-0.2, 0) is 0 Å². The molecule has 0 radical (unpaired) electrons. The molecule has 0 aromatic heterocycles. The summed E-state index contributed by atoms with van der Waals surface area (Å²) in [6.45, 7) is 0. The summed E-state index contributed by atoms with van der Waals surface area (Å²) in [5.41, 5.74) is -0.178. The molecule has 144 valence electrons. The summed E-state index contributed by atoms with van der Waals surface area (Å²) in [5, 5.41) is 23.4. The van der Waals surface area contributed by atoms with E-state index in [-0.39, 0.29) is 5.56 Å². The summed E-state index contributed by atoms with van der Waals surface area (Å²) in [7, 11) is -0.877. The van der Waals surface area contributed by atoms with Crippen LogP contribution < -0.4 is 21.0 Å². The van der Waals surface area contributed by atoms with Crippen LogP contribution in [0, 0.1) is 0 Å². The summed E-state index contributed by atoms with van der Waals surface area (Å²) < 4.78 is 0. The number of hydrogen-bond donors (Lipinski definition) is 1. The smallest absolute Gasteiger partial charge is 0.335 e. The van der Waals surface area contributed by atoms with E-state index in [0.29, 0.717) is 0 Å². The van der Waals surface area contributed by atoms with Crippen molar-refractivity contribution in [1.29, 1.82) is 0 Å². The second-order valence-corrected chi connectivity index (χ2v) is 8.76. The fraction of sp³-hybridized carbons (Fsp3) is 0. The molecule has 0 unspecified atom stereocenters. The molecule has 1 N–H and O–H groups in total. The molecule has 4 heteroatoms. The third-order valence-corrected chi connectivity index (χ3v) is 7.04. The number of benzene rings is 4. The zero-order chi connectivity index (χ0) is 20.5. The van der Waals surface area contributed by atoms with Gasteiger partial charge in [-0.05, 0) is 42.5 Å². The fourth-order valence-corrected chi connectivity index (χ4v) is 5.54. The Labute approximate surface area is 171 Å². The molecule has 0 bridgehead atoms. The summed E-state index contributed by atoms with van der Waals surface area (Å²) in [5.74, 6) is -1.62. The maximum Gasteiger partial charge on any atom is 0.335 e. The molecule has 0 aliphatic rings. The van der Waals surface area contributed by atoms with Gasteiger partial charge in [-0.1, -0.05) is 78.5 Å². The Kier molecular flexibility index (Phi) is 7.16. The average molecular weight is 400 g/mol. The molecule has 4 rings (SSSR count). The van der Waals surface area contributed by atoms with Crippen LogP contribution in [0.2, 0.25) is 0 Å². The number of carboxylic acid groups (broad SMARTS) is 1. The molecule has 29 heavy (non-hydrogen) atoms. The van der Waals surface area contributed by atoms with Gasteiger partial charge in [0.05, 0.1) is 13.5 Å². The summed E-state index contributed by atoms with van der Waals surface area (Å²) in [6.07, 6.45) is 0. The van der Waals surface area contributed by atoms with Gasteiger partial charge in [0.25, 0.3) is 0 Å². The van der Waals surface area contributed by atoms with Gasteiger partial charge in [0.2, 0.25) is 0 Å². The predicted octanol–water partition coefficient (Wildman–Crippen LogP) is 3.64. The lowest BCUT2D eigenvalue weighted by Gasteiger charge is -2.10. The van der Waals surface area contributed by atoms with Crippen molar-refractivity contribution in [3.05, 3.63) is 121 Å². The first-order chi connectivity index (χ1) is 14.2. The van der Waals surface area contributed by atoms with E-state index in [4.69, 9.17) is 5.11 Å². The lowest BCUT2D eigenvalue weighted by Crippen LogP contribution is -2.20. The highest BCUT2D eigenvalue weighted by molar-refractivity contribution is 7.79. The second-order valence-electron chi connectivity index (χ2n) is 6.27. The molecule has 0 aliphatic heterocycles. The van der Waals surface area contributed by atoms with Crippen molar-refractivity contribution in [3.8, 4) is 5.75 Å². The van der Waals surface area contributed by atoms with E-state index >= 15 is 0 Å². The largest absolute Gasteiger partial charge is 0.872 e. The topological polar surface area (TPSA) is 60.4 Å². The Bertz CT molecular complexity index is 941. The van der Waals surface area contributed by atoms with Gasteiger partial charge in [0.15, 0.2) is 0 Å². The summed E-state index contributed by atoms with van der Waals surface area (Å²) >= 11 is 0. The molecule has 3 nitrogen and oxygen atoms in total. The Morgan fingerprint density at radius 2 is 0.931 bits per heavy atom. The van der Waals surface area contributed by atoms with Crippen molar-refractivity contribution in [2.75, 3.05) is 0 Å². The number of hydrogen-bond acceptors (Lipinski definition) is 2. The molecule has 0 aliphatic carbocycles. The first-order valence-electron chi connectivity index (χ1n) is 9.19. The maximum atomic E-state index is 10.7. The van der Waals surface area contributed by atoms with Crippen molar-refractivity contribution in [2.45, 2.75) is 0 Å². The molecule has 0 fully saturated rings. The van der Waals surface area contributed by atoms with Gasteiger partial charge < -0.3 is 10.2 Å². The number of carbonyl (C=O) groups is 1. The Morgan fingerprint density at radius 1 is 0.586 bits per heavy atom. The van der Waals surface area contributed by atoms with E-state index in [2.05, 4.69) is 91.0 Å². The number of rotatable bonds is 4. The highest BCUT2D eigenvalue weighted by atomic mass is 31.1. The molecule has 4 aromatic carbocycles. The lowest BCUT2D eigenvalue weighted by atomic mass is 10.2. The minimum absolute atomic E-state index is 0.178. The Balaban J connectivity index is 0.000000204. The second kappa shape index (κ2) is 10.2. The van der Waals surface area contributed by atoms with Crippen molar-refractivity contribution < 1.29 is 15.0 Å². The molecule has 0 saturated heterocycles. The minimum atomic E-state index is -1.18. The van der Waals surface area contributed by atoms with Gasteiger partial charge in [-0.25, -0.2) is 4.79 Å². The summed E-state index contributed by atoms with van der Waals surface area (Å²) in [6, 6.07) is 38.0. The van der Waals surface area contributed by atoms with Crippen molar-refractivity contribution >= 4 is 29.8 Å². The van der Waals surface area contributed by atoms with Crippen molar-refractivity contribution in [3.63, 3.8) is 0 Å². The number of carboxylic acids is 1. The molecule has 0 atom stereocenters. The number of aromatic carboxylic acids is 1. The molecule has 4 aromatic rings. The van der Waals surface area contributed by atoms with Crippen LogP contribution in [0.4, 0.5) is 0 Å². The van der Waals surface area contributed by atoms with Gasteiger partial charge in [0.1, 0.15) is 15.9 Å². The summed E-state index contributed by atoms with van der Waals surface area (Å²) in [4.78, 5) is 10.2. The van der Waals surface area contributed by atoms with E-state index < -0.39 is 19.6 Å². The van der Waals surface area contributed by atoms with Gasteiger partial charge in [-0.3, -0.25) is 0 Å². The van der Waals surface area contributed by atoms with E-state index in [1.807, 2.05) is 0 Å². The van der Waals surface area contributed by atoms with Crippen LogP contribution in [0.5, 0.6) is 5.75 Å². The van der Waals surface area contributed by atoms with Crippen molar-refractivity contribution in [1.82, 2.24) is 0 Å². The third kappa shape index (κ3) is 5.54. The average Bonchev–Trinajstić information content (AvgIpc) is 2.77. The zero-order valence-corrected chi connectivity index (χ0v) is 16.7. The Morgan fingerprint density at radius 3 is 1.24 bits per heavy atom. The van der Waals surface area contributed by atoms with Crippen LogP contribution in [0.1, 0.15) is 10.4 Å². The van der Waals surface area contributed by atoms with Crippen LogP contribution >= 0.6 is 7.92 Å². The maximum absolute atomic E-state index is 10.7. The third-order valence-electron chi connectivity index (χ3n) is 4.30. The number of para-hydroxylation sites is 1. The fourth-order valence-electron chi connectivity index (χ4n) is 2.96. The van der Waals surface area contributed by atoms with Gasteiger partial charge in [-0.2, -0.15) is 0 Å². The predicted molar refractivity (Wildman–Crippen MR) is 119 cm³/mol. The SMILES string of the molecule is O=C(O)c1ccccc1[O-].c1ccc([PH+](c2ccccc2)c2ccccc2)cc1. The van der Waals surface area contributed by atoms with Gasteiger partial charge in [-0.15, -0.1) is 0 Å². The van der Waals surface area contributed by atoms with Gasteiger partial charge in [0, 0.05) is 0 Å². The van der Waals surface area contributed by atoms with Crippen LogP contribution in [0.3, 0.4) is 0 Å². The highest BCUT2D eigenvalue weighted by Gasteiger charge is 2.24. The van der Waals surface area contributed by atoms with E-state index in [1.165, 1.54) is 40.2 Å². The highest BCUT2D eigenvalue weighted by Crippen LogP contribution is 2.32. The molecular weight excluding hydrogens is 379 g/mol. The normalized spacial score (nSPS) is 10.1. The molecular formula is C25H21O3P. The van der Waals surface area contributed by atoms with E-state index in [9.17, 15) is 9.90 Å². The van der Waals surface area contributed by atoms with Crippen LogP contribution in [0.25, 0.3) is 0 Å². The van der Waals surface area contributed by atoms with Crippen molar-refractivity contribution in [2.24, 2.45) is 0 Å². The van der Waals surface area contributed by atoms with E-state index in [0.717, 1.165) is 0 Å². The zero-order valence-electron chi connectivity index (χ0n) is 15.7. The lowest BCUT2D eigenvalue weighted by molar-refractivity contribution is -0.268. The van der Waals surface area contributed by atoms with Crippen LogP contribution in [0.15, 0.2) is 115 Å². The molecule has 0 saturated carbocycles. The molecule has 0 spiro atoms. The first kappa shape index (κ1) is 20.3. The quantitative estimate of drug-likeness (QED) is 0.532. The molecule has 0 heterocycles. The minimum Gasteiger partial charge on any atom is -0.872 e. The van der Waals surface area contributed by atoms with Crippen LogP contribution in [-0.4, -0.2) is 11.1 Å².